The molecule has 0 aliphatic carbocycles. The van der Waals surface area contributed by atoms with Crippen LogP contribution in [0.4, 0.5) is 14.6 Å². The molecule has 2 fully saturated rings. The Balaban J connectivity index is 1.41. The monoisotopic (exact) mass is 584 g/mol. The Hall–Kier alpha value is -4.76. The van der Waals surface area contributed by atoms with Crippen LogP contribution in [0, 0.1) is 12.4 Å². The summed E-state index contributed by atoms with van der Waals surface area (Å²) in [5, 5.41) is 1.69. The molecule has 12 heteroatoms. The number of benzene rings is 1. The average Bonchev–Trinajstić information content (AvgIpc) is 3.43. The van der Waals surface area contributed by atoms with Gasteiger partial charge in [-0.3, -0.25) is 9.78 Å². The first-order chi connectivity index (χ1) is 20.8. The smallest absolute Gasteiger partial charge is 0.320 e. The zero-order chi connectivity index (χ0) is 30.1. The molecule has 2 atom stereocenters. The van der Waals surface area contributed by atoms with E-state index in [0.717, 1.165) is 19.4 Å². The Morgan fingerprint density at radius 1 is 1.14 bits per heavy atom. The van der Waals surface area contributed by atoms with E-state index in [1.54, 1.807) is 30.6 Å². The fourth-order valence-electron chi connectivity index (χ4n) is 5.91. The van der Waals surface area contributed by atoms with Crippen LogP contribution in [0.25, 0.3) is 37.9 Å². The Bertz CT molecular complexity index is 1750. The second kappa shape index (κ2) is 11.9. The lowest BCUT2D eigenvalue weighted by atomic mass is 10.0. The summed E-state index contributed by atoms with van der Waals surface area (Å²) in [5.74, 6) is -1.71. The first-order valence-corrected chi connectivity index (χ1v) is 14.1. The van der Waals surface area contributed by atoms with Gasteiger partial charge >= 0.3 is 6.01 Å². The Kier molecular flexibility index (Phi) is 7.82. The van der Waals surface area contributed by atoms with Gasteiger partial charge < -0.3 is 24.3 Å². The quantitative estimate of drug-likeness (QED) is 0.235. The maximum atomic E-state index is 14.9. The first-order valence-electron chi connectivity index (χ1n) is 14.1. The van der Waals surface area contributed by atoms with Crippen LogP contribution in [0.3, 0.4) is 0 Å². The highest BCUT2D eigenvalue weighted by molar-refractivity contribution is 5.97. The first kappa shape index (κ1) is 28.4. The van der Waals surface area contributed by atoms with Crippen LogP contribution < -0.4 is 9.64 Å². The van der Waals surface area contributed by atoms with E-state index < -0.39 is 17.8 Å². The molecule has 10 nitrogen and oxygen atoms in total. The van der Waals surface area contributed by atoms with Crippen LogP contribution in [0.2, 0.25) is 0 Å². The van der Waals surface area contributed by atoms with Crippen molar-refractivity contribution in [1.82, 2.24) is 29.7 Å². The molecule has 1 amide bonds. The van der Waals surface area contributed by atoms with Gasteiger partial charge in [0.2, 0.25) is 6.54 Å². The number of likely N-dealkylation sites (tertiary alicyclic amines) is 1. The number of hydrogen-bond donors (Lipinski definition) is 0. The van der Waals surface area contributed by atoms with Gasteiger partial charge in [0.25, 0.3) is 5.91 Å². The van der Waals surface area contributed by atoms with Crippen LogP contribution >= 0.6 is 0 Å². The summed E-state index contributed by atoms with van der Waals surface area (Å²) in [6.07, 6.45) is 5.29. The SMILES string of the molecule is [C-]#[N+]C[C@H]1CN(c2nc(OC[C@@H]3CCCN3C)nc3nc(-c4cncc5cccc(F)c45)ccc23)CCN1C(=O)C(=C)F. The molecule has 0 saturated carbocycles. The van der Waals surface area contributed by atoms with Gasteiger partial charge in [-0.25, -0.2) is 20.3 Å². The number of nitrogens with zero attached hydrogens (tertiary/aromatic N) is 8. The van der Waals surface area contributed by atoms with Gasteiger partial charge in [0.1, 0.15) is 24.3 Å². The van der Waals surface area contributed by atoms with Crippen molar-refractivity contribution in [1.29, 1.82) is 0 Å². The van der Waals surface area contributed by atoms with Crippen molar-refractivity contribution in [3.8, 4) is 17.3 Å². The molecule has 220 valence electrons. The normalized spacial score (nSPS) is 19.1. The highest BCUT2D eigenvalue weighted by atomic mass is 19.1. The van der Waals surface area contributed by atoms with Crippen LogP contribution in [0.5, 0.6) is 6.01 Å². The van der Waals surface area contributed by atoms with Crippen molar-refractivity contribution in [2.45, 2.75) is 24.9 Å². The number of hydrogen-bond acceptors (Lipinski definition) is 8. The molecular formula is C31H30F2N8O2. The second-order valence-corrected chi connectivity index (χ2v) is 10.9. The van der Waals surface area contributed by atoms with E-state index in [1.807, 2.05) is 11.0 Å². The third kappa shape index (κ3) is 5.56. The fraction of sp³-hybridized carbons (Fsp3) is 0.355. The van der Waals surface area contributed by atoms with Gasteiger partial charge in [-0.05, 0) is 44.6 Å². The molecule has 0 spiro atoms. The summed E-state index contributed by atoms with van der Waals surface area (Å²) in [4.78, 5) is 40.0. The lowest BCUT2D eigenvalue weighted by Gasteiger charge is -2.39. The standard InChI is InChI=1S/C31H30F2N8O2/c1-19(32)30(42)41-13-12-40(17-22(41)15-34-2)29-23-9-10-26(24-16-35-14-20-6-4-8-25(33)27(20)24)36-28(23)37-31(38-29)43-18-21-7-5-11-39(21)3/h4,6,8-10,14,16,21-22H,1,5,7,11-13,15,17-18H2,3H3/t21-,22-/m0/s1. The Morgan fingerprint density at radius 3 is 2.77 bits per heavy atom. The summed E-state index contributed by atoms with van der Waals surface area (Å²) < 4.78 is 34.8. The highest BCUT2D eigenvalue weighted by Gasteiger charge is 2.35. The number of carbonyl (C=O) groups is 1. The van der Waals surface area contributed by atoms with Crippen LogP contribution in [-0.4, -0.2) is 94.1 Å². The van der Waals surface area contributed by atoms with E-state index >= 15 is 0 Å². The van der Waals surface area contributed by atoms with Crippen LogP contribution in [0.15, 0.2) is 55.1 Å². The highest BCUT2D eigenvalue weighted by Crippen LogP contribution is 2.33. The maximum Gasteiger partial charge on any atom is 0.320 e. The van der Waals surface area contributed by atoms with Gasteiger partial charge in [-0.2, -0.15) is 9.97 Å². The third-order valence-corrected chi connectivity index (χ3v) is 8.18. The number of aromatic nitrogens is 4. The predicted molar refractivity (Wildman–Crippen MR) is 159 cm³/mol. The number of amides is 1. The zero-order valence-corrected chi connectivity index (χ0v) is 23.7. The molecule has 5 heterocycles. The summed E-state index contributed by atoms with van der Waals surface area (Å²) in [6, 6.07) is 8.25. The number of pyridine rings is 2. The number of likely N-dealkylation sites (N-methyl/N-ethyl adjacent to an activating group) is 1. The van der Waals surface area contributed by atoms with E-state index in [4.69, 9.17) is 21.3 Å². The molecule has 2 aliphatic heterocycles. The second-order valence-electron chi connectivity index (χ2n) is 10.9. The van der Waals surface area contributed by atoms with Gasteiger partial charge in [-0.1, -0.05) is 18.7 Å². The van der Waals surface area contributed by atoms with Crippen LogP contribution in [0.1, 0.15) is 12.8 Å². The predicted octanol–water partition coefficient (Wildman–Crippen LogP) is 4.27. The molecule has 0 radical (unpaired) electrons. The summed E-state index contributed by atoms with van der Waals surface area (Å²) in [7, 11) is 2.06. The van der Waals surface area contributed by atoms with Crippen molar-refractivity contribution >= 4 is 33.5 Å². The van der Waals surface area contributed by atoms with E-state index in [-0.39, 0.29) is 37.5 Å². The van der Waals surface area contributed by atoms with Crippen molar-refractivity contribution in [2.24, 2.45) is 0 Å². The van der Waals surface area contributed by atoms with E-state index in [2.05, 4.69) is 33.3 Å². The lowest BCUT2D eigenvalue weighted by molar-refractivity contribution is -0.131. The zero-order valence-electron chi connectivity index (χ0n) is 23.7. The molecule has 3 aromatic heterocycles. The average molecular weight is 585 g/mol. The van der Waals surface area contributed by atoms with Gasteiger partial charge in [-0.15, -0.1) is 0 Å². The minimum Gasteiger partial charge on any atom is -0.462 e. The van der Waals surface area contributed by atoms with Crippen molar-refractivity contribution in [3.63, 3.8) is 0 Å². The van der Waals surface area contributed by atoms with Crippen molar-refractivity contribution in [3.05, 3.63) is 72.4 Å². The largest absolute Gasteiger partial charge is 0.462 e. The molecule has 0 unspecified atom stereocenters. The van der Waals surface area contributed by atoms with E-state index in [1.165, 1.54) is 11.0 Å². The molecule has 2 aliphatic rings. The molecule has 0 bridgehead atoms. The van der Waals surface area contributed by atoms with Gasteiger partial charge in [0.15, 0.2) is 11.5 Å². The minimum absolute atomic E-state index is 0.00203. The molecule has 43 heavy (non-hydrogen) atoms. The third-order valence-electron chi connectivity index (χ3n) is 8.18. The van der Waals surface area contributed by atoms with Crippen molar-refractivity contribution in [2.75, 3.05) is 51.3 Å². The van der Waals surface area contributed by atoms with Crippen LogP contribution in [-0.2, 0) is 4.79 Å². The topological polar surface area (TPSA) is 91.9 Å². The molecule has 2 saturated heterocycles. The summed E-state index contributed by atoms with van der Waals surface area (Å²) in [5.41, 5.74) is 1.37. The van der Waals surface area contributed by atoms with E-state index in [9.17, 15) is 13.6 Å². The van der Waals surface area contributed by atoms with Crippen molar-refractivity contribution < 1.29 is 18.3 Å². The van der Waals surface area contributed by atoms with Gasteiger partial charge in [0.05, 0.1) is 11.1 Å². The summed E-state index contributed by atoms with van der Waals surface area (Å²) >= 11 is 0. The number of piperazine rings is 1. The summed E-state index contributed by atoms with van der Waals surface area (Å²) in [6.45, 7) is 12.7. The fourth-order valence-corrected chi connectivity index (χ4v) is 5.91. The number of carbonyl (C=O) groups excluding carboxylic acids is 1. The number of ether oxygens (including phenoxy) is 1. The maximum absolute atomic E-state index is 14.9. The number of anilines is 1. The van der Waals surface area contributed by atoms with Gasteiger partial charge in [0, 0.05) is 54.4 Å². The Morgan fingerprint density at radius 2 is 2.00 bits per heavy atom. The minimum atomic E-state index is -1.06. The molecule has 4 aromatic rings. The lowest BCUT2D eigenvalue weighted by Crippen LogP contribution is -2.56. The molecule has 6 rings (SSSR count). The molecule has 1 aromatic carbocycles. The Labute approximate surface area is 247 Å². The molecule has 0 N–H and O–H groups in total. The van der Waals surface area contributed by atoms with E-state index in [0.29, 0.717) is 52.0 Å². The molecular weight excluding hydrogens is 554 g/mol. The number of halogens is 2. The number of fused-ring (bicyclic) bond motifs is 2. The number of rotatable bonds is 7.